The highest BCUT2D eigenvalue weighted by Gasteiger charge is 2.34. The third-order valence-electron chi connectivity index (χ3n) is 5.48. The fourth-order valence-corrected chi connectivity index (χ4v) is 3.75. The highest BCUT2D eigenvalue weighted by atomic mass is 16.5. The van der Waals surface area contributed by atoms with Crippen LogP contribution in [0, 0.1) is 0 Å². The quantitative estimate of drug-likeness (QED) is 0.602. The van der Waals surface area contributed by atoms with Crippen molar-refractivity contribution >= 4 is 18.9 Å². The lowest BCUT2D eigenvalue weighted by Crippen LogP contribution is -2.48. The first-order valence-corrected chi connectivity index (χ1v) is 9.98. The Hall–Kier alpha value is -2.84. The molecule has 7 nitrogen and oxygen atoms in total. The van der Waals surface area contributed by atoms with Gasteiger partial charge in [-0.25, -0.2) is 0 Å². The van der Waals surface area contributed by atoms with Crippen LogP contribution in [0.5, 0.6) is 5.75 Å². The molecule has 3 atom stereocenters. The lowest BCUT2D eigenvalue weighted by atomic mass is 9.73. The van der Waals surface area contributed by atoms with E-state index in [2.05, 4.69) is 5.32 Å². The highest BCUT2D eigenvalue weighted by Crippen LogP contribution is 2.36. The molecule has 2 aromatic carbocycles. The molecule has 2 unspecified atom stereocenters. The molecule has 0 saturated carbocycles. The molecule has 1 aliphatic heterocycles. The van der Waals surface area contributed by atoms with E-state index in [1.165, 1.54) is 4.90 Å². The van der Waals surface area contributed by atoms with Crippen LogP contribution in [0.25, 0.3) is 0 Å². The number of rotatable bonds is 7. The summed E-state index contributed by atoms with van der Waals surface area (Å²) in [7, 11) is 1.60. The second-order valence-corrected chi connectivity index (χ2v) is 7.82. The Kier molecular flexibility index (Phi) is 6.79. The van der Waals surface area contributed by atoms with E-state index in [0.29, 0.717) is 24.2 Å². The SMILES string of the molecule is C[C@@H](C(=O)NC(CC1COc2ccccc21)B(O)O)c1ccccc1C(=O)N(C)C. The Morgan fingerprint density at radius 3 is 2.53 bits per heavy atom. The van der Waals surface area contributed by atoms with E-state index in [-0.39, 0.29) is 17.7 Å². The minimum Gasteiger partial charge on any atom is -0.493 e. The maximum atomic E-state index is 12.9. The number of nitrogens with zero attached hydrogens (tertiary/aromatic N) is 1. The molecule has 0 fully saturated rings. The normalized spacial score (nSPS) is 16.8. The van der Waals surface area contributed by atoms with Gasteiger partial charge in [0.1, 0.15) is 5.75 Å². The summed E-state index contributed by atoms with van der Waals surface area (Å²) in [5.41, 5.74) is 2.03. The summed E-state index contributed by atoms with van der Waals surface area (Å²) in [6.07, 6.45) is 0.325. The molecule has 3 rings (SSSR count). The largest absolute Gasteiger partial charge is 0.493 e. The molecule has 0 spiro atoms. The number of fused-ring (bicyclic) bond motifs is 1. The molecule has 0 bridgehead atoms. The lowest BCUT2D eigenvalue weighted by Gasteiger charge is -2.24. The van der Waals surface area contributed by atoms with E-state index in [4.69, 9.17) is 4.74 Å². The molecule has 8 heteroatoms. The van der Waals surface area contributed by atoms with Crippen LogP contribution in [0.15, 0.2) is 48.5 Å². The number of benzene rings is 2. The van der Waals surface area contributed by atoms with Gasteiger partial charge in [-0.2, -0.15) is 0 Å². The van der Waals surface area contributed by atoms with Crippen molar-refractivity contribution in [1.82, 2.24) is 10.2 Å². The van der Waals surface area contributed by atoms with Crippen LogP contribution >= 0.6 is 0 Å². The van der Waals surface area contributed by atoms with E-state index in [0.717, 1.165) is 11.3 Å². The third kappa shape index (κ3) is 4.66. The van der Waals surface area contributed by atoms with E-state index in [9.17, 15) is 19.6 Å². The fourth-order valence-electron chi connectivity index (χ4n) is 3.75. The van der Waals surface area contributed by atoms with Crippen LogP contribution in [0.4, 0.5) is 0 Å². The minimum atomic E-state index is -1.72. The van der Waals surface area contributed by atoms with Gasteiger partial charge in [-0.1, -0.05) is 36.4 Å². The van der Waals surface area contributed by atoms with Crippen LogP contribution in [0.1, 0.15) is 46.7 Å². The van der Waals surface area contributed by atoms with Crippen LogP contribution in [0.2, 0.25) is 0 Å². The monoisotopic (exact) mass is 410 g/mol. The van der Waals surface area contributed by atoms with Crippen molar-refractivity contribution < 1.29 is 24.4 Å². The Morgan fingerprint density at radius 1 is 1.17 bits per heavy atom. The number of carbonyl (C=O) groups is 2. The van der Waals surface area contributed by atoms with E-state index in [1.807, 2.05) is 24.3 Å². The van der Waals surface area contributed by atoms with Crippen molar-refractivity contribution in [3.63, 3.8) is 0 Å². The van der Waals surface area contributed by atoms with Gasteiger partial charge in [-0.05, 0) is 31.0 Å². The second kappa shape index (κ2) is 9.32. The molecule has 30 heavy (non-hydrogen) atoms. The predicted molar refractivity (Wildman–Crippen MR) is 114 cm³/mol. The molecule has 1 heterocycles. The lowest BCUT2D eigenvalue weighted by molar-refractivity contribution is -0.122. The maximum absolute atomic E-state index is 12.9. The molecule has 2 amide bonds. The average molecular weight is 410 g/mol. The van der Waals surface area contributed by atoms with Crippen molar-refractivity contribution in [3.8, 4) is 5.75 Å². The fraction of sp³-hybridized carbons (Fsp3) is 0.364. The molecule has 1 aliphatic rings. The number of amides is 2. The zero-order chi connectivity index (χ0) is 21.8. The molecule has 0 aliphatic carbocycles. The van der Waals surface area contributed by atoms with E-state index >= 15 is 0 Å². The van der Waals surface area contributed by atoms with Crippen molar-refractivity contribution in [1.29, 1.82) is 0 Å². The minimum absolute atomic E-state index is 0.0498. The topological polar surface area (TPSA) is 99.1 Å². The van der Waals surface area contributed by atoms with E-state index < -0.39 is 19.0 Å². The number of nitrogens with one attached hydrogen (secondary N) is 1. The van der Waals surface area contributed by atoms with Gasteiger partial charge in [0.15, 0.2) is 0 Å². The van der Waals surface area contributed by atoms with Gasteiger partial charge in [0.25, 0.3) is 5.91 Å². The second-order valence-electron chi connectivity index (χ2n) is 7.82. The summed E-state index contributed by atoms with van der Waals surface area (Å²) in [5.74, 6) is -1.34. The van der Waals surface area contributed by atoms with Crippen LogP contribution < -0.4 is 10.1 Å². The first-order chi connectivity index (χ1) is 14.3. The van der Waals surface area contributed by atoms with Crippen LogP contribution in [-0.4, -0.2) is 60.5 Å². The Labute approximate surface area is 176 Å². The summed E-state index contributed by atoms with van der Waals surface area (Å²) in [5, 5.41) is 22.5. The molecular weight excluding hydrogens is 383 g/mol. The summed E-state index contributed by atoms with van der Waals surface area (Å²) >= 11 is 0. The Bertz CT molecular complexity index is 918. The van der Waals surface area contributed by atoms with Crippen molar-refractivity contribution in [3.05, 3.63) is 65.2 Å². The van der Waals surface area contributed by atoms with Crippen molar-refractivity contribution in [2.24, 2.45) is 0 Å². The van der Waals surface area contributed by atoms with Gasteiger partial charge in [-0.15, -0.1) is 0 Å². The molecule has 3 N–H and O–H groups in total. The third-order valence-corrected chi connectivity index (χ3v) is 5.48. The smallest absolute Gasteiger partial charge is 0.475 e. The molecule has 0 saturated heterocycles. The summed E-state index contributed by atoms with van der Waals surface area (Å²) < 4.78 is 5.66. The predicted octanol–water partition coefficient (Wildman–Crippen LogP) is 1.55. The van der Waals surface area contributed by atoms with E-state index in [1.54, 1.807) is 45.3 Å². The number of hydrogen-bond donors (Lipinski definition) is 3. The molecule has 0 aromatic heterocycles. The zero-order valence-electron chi connectivity index (χ0n) is 17.4. The highest BCUT2D eigenvalue weighted by molar-refractivity contribution is 6.43. The molecule has 0 radical (unpaired) electrons. The van der Waals surface area contributed by atoms with Gasteiger partial charge in [0.2, 0.25) is 5.91 Å². The number of carbonyl (C=O) groups excluding carboxylic acids is 2. The van der Waals surface area contributed by atoms with Gasteiger partial charge in [-0.3, -0.25) is 9.59 Å². The Morgan fingerprint density at radius 2 is 1.83 bits per heavy atom. The van der Waals surface area contributed by atoms with Crippen LogP contribution in [0.3, 0.4) is 0 Å². The number of para-hydroxylation sites is 1. The molecule has 158 valence electrons. The summed E-state index contributed by atoms with van der Waals surface area (Å²) in [6, 6.07) is 14.6. The molecular formula is C22H27BN2O5. The average Bonchev–Trinajstić information content (AvgIpc) is 3.14. The van der Waals surface area contributed by atoms with Gasteiger partial charge >= 0.3 is 7.12 Å². The first-order valence-electron chi connectivity index (χ1n) is 9.98. The standard InChI is InChI=1S/C22H27BN2O5/c1-14(16-8-4-5-10-18(16)22(27)25(2)3)21(26)24-20(23(28)29)12-15-13-30-19-11-7-6-9-17(15)19/h4-11,14-15,20,28-29H,12-13H2,1-3H3,(H,24,26)/t14-,15?,20?/m1/s1. The van der Waals surface area contributed by atoms with Gasteiger partial charge in [0, 0.05) is 31.1 Å². The first kappa shape index (κ1) is 21.9. The van der Waals surface area contributed by atoms with Crippen LogP contribution in [-0.2, 0) is 4.79 Å². The maximum Gasteiger partial charge on any atom is 0.475 e. The van der Waals surface area contributed by atoms with Crippen molar-refractivity contribution in [2.75, 3.05) is 20.7 Å². The van der Waals surface area contributed by atoms with Gasteiger partial charge in [0.05, 0.1) is 18.5 Å². The zero-order valence-corrected chi connectivity index (χ0v) is 17.4. The Balaban J connectivity index is 1.74. The summed E-state index contributed by atoms with van der Waals surface area (Å²) in [6.45, 7) is 2.13. The summed E-state index contributed by atoms with van der Waals surface area (Å²) in [4.78, 5) is 26.9. The molecule has 2 aromatic rings. The number of ether oxygens (including phenoxy) is 1. The van der Waals surface area contributed by atoms with Gasteiger partial charge < -0.3 is 25.0 Å². The number of hydrogen-bond acceptors (Lipinski definition) is 5. The van der Waals surface area contributed by atoms with Crippen molar-refractivity contribution in [2.45, 2.75) is 31.1 Å².